The quantitative estimate of drug-likeness (QED) is 0.622. The molecule has 0 atom stereocenters. The molecule has 5 heteroatoms. The van der Waals surface area contributed by atoms with Crippen molar-refractivity contribution in [2.75, 3.05) is 20.8 Å². The molecule has 1 N–H and O–H groups in total. The van der Waals surface area contributed by atoms with Gasteiger partial charge in [0, 0.05) is 5.57 Å². The summed E-state index contributed by atoms with van der Waals surface area (Å²) in [6, 6.07) is 0. The molecular formula is C9H10O5. The molecule has 14 heavy (non-hydrogen) atoms. The summed E-state index contributed by atoms with van der Waals surface area (Å²) in [7, 11) is 2.54. The van der Waals surface area contributed by atoms with Gasteiger partial charge in [-0.2, -0.15) is 0 Å². The van der Waals surface area contributed by atoms with Crippen molar-refractivity contribution in [2.45, 2.75) is 0 Å². The smallest absolute Gasteiger partial charge is 0.230 e. The molecule has 0 spiro atoms. The Labute approximate surface area is 80.6 Å². The molecule has 0 saturated heterocycles. The SMILES string of the molecule is COC1=C(OC)C(=O)C(CO)=CC1=O. The highest BCUT2D eigenvalue weighted by Gasteiger charge is 2.29. The number of ether oxygens (including phenoxy) is 2. The monoisotopic (exact) mass is 198 g/mol. The van der Waals surface area contributed by atoms with Crippen LogP contribution in [0.15, 0.2) is 23.2 Å². The second-order valence-electron chi connectivity index (χ2n) is 2.59. The fourth-order valence-electron chi connectivity index (χ4n) is 1.15. The van der Waals surface area contributed by atoms with Crippen molar-refractivity contribution in [1.82, 2.24) is 0 Å². The van der Waals surface area contributed by atoms with Crippen LogP contribution >= 0.6 is 0 Å². The van der Waals surface area contributed by atoms with Crippen LogP contribution in [0.3, 0.4) is 0 Å². The van der Waals surface area contributed by atoms with E-state index in [0.717, 1.165) is 6.08 Å². The van der Waals surface area contributed by atoms with Crippen molar-refractivity contribution in [3.63, 3.8) is 0 Å². The van der Waals surface area contributed by atoms with Gasteiger partial charge in [0.15, 0.2) is 0 Å². The number of carbonyl (C=O) groups is 2. The minimum Gasteiger partial charge on any atom is -0.490 e. The van der Waals surface area contributed by atoms with Crippen molar-refractivity contribution in [2.24, 2.45) is 0 Å². The van der Waals surface area contributed by atoms with Crippen LogP contribution < -0.4 is 0 Å². The molecule has 0 fully saturated rings. The first-order valence-electron chi connectivity index (χ1n) is 3.88. The number of methoxy groups -OCH3 is 2. The summed E-state index contributed by atoms with van der Waals surface area (Å²) >= 11 is 0. The lowest BCUT2D eigenvalue weighted by molar-refractivity contribution is -0.120. The van der Waals surface area contributed by atoms with Crippen LogP contribution in [0.25, 0.3) is 0 Å². The van der Waals surface area contributed by atoms with Gasteiger partial charge in [0.05, 0.1) is 20.8 Å². The fourth-order valence-corrected chi connectivity index (χ4v) is 1.15. The van der Waals surface area contributed by atoms with Crippen molar-refractivity contribution < 1.29 is 24.2 Å². The van der Waals surface area contributed by atoms with E-state index < -0.39 is 18.2 Å². The van der Waals surface area contributed by atoms with E-state index >= 15 is 0 Å². The van der Waals surface area contributed by atoms with Crippen molar-refractivity contribution >= 4 is 11.6 Å². The molecule has 0 bridgehead atoms. The van der Waals surface area contributed by atoms with Gasteiger partial charge in [-0.1, -0.05) is 0 Å². The Morgan fingerprint density at radius 2 is 1.79 bits per heavy atom. The molecule has 1 aliphatic carbocycles. The molecule has 0 amide bonds. The van der Waals surface area contributed by atoms with Gasteiger partial charge in [0.25, 0.3) is 0 Å². The van der Waals surface area contributed by atoms with E-state index in [0.29, 0.717) is 0 Å². The zero-order valence-corrected chi connectivity index (χ0v) is 7.86. The largest absolute Gasteiger partial charge is 0.490 e. The average molecular weight is 198 g/mol. The maximum absolute atomic E-state index is 11.5. The van der Waals surface area contributed by atoms with E-state index in [2.05, 4.69) is 0 Å². The first kappa shape index (κ1) is 10.5. The second kappa shape index (κ2) is 4.06. The summed E-state index contributed by atoms with van der Waals surface area (Å²) in [4.78, 5) is 22.8. The third-order valence-electron chi connectivity index (χ3n) is 1.81. The van der Waals surface area contributed by atoms with E-state index in [1.165, 1.54) is 14.2 Å². The highest BCUT2D eigenvalue weighted by atomic mass is 16.5. The van der Waals surface area contributed by atoms with Gasteiger partial charge in [-0.25, -0.2) is 0 Å². The summed E-state index contributed by atoms with van der Waals surface area (Å²) in [6.07, 6.45) is 1.05. The average Bonchev–Trinajstić information content (AvgIpc) is 2.20. The first-order valence-corrected chi connectivity index (χ1v) is 3.88. The van der Waals surface area contributed by atoms with Crippen LogP contribution in [0.5, 0.6) is 0 Å². The molecule has 0 aromatic rings. The zero-order valence-electron chi connectivity index (χ0n) is 7.86. The van der Waals surface area contributed by atoms with Gasteiger partial charge in [0.2, 0.25) is 23.1 Å². The summed E-state index contributed by atoms with van der Waals surface area (Å²) in [5.41, 5.74) is 0.00708. The normalized spacial score (nSPS) is 16.9. The standard InChI is InChI=1S/C9H10O5/c1-13-8-6(11)3-5(4-10)7(12)9(8)14-2/h3,10H,4H2,1-2H3. The van der Waals surface area contributed by atoms with Crippen LogP contribution in [0.1, 0.15) is 0 Å². The Morgan fingerprint density at radius 1 is 1.21 bits per heavy atom. The van der Waals surface area contributed by atoms with Gasteiger partial charge >= 0.3 is 0 Å². The van der Waals surface area contributed by atoms with E-state index in [9.17, 15) is 9.59 Å². The predicted octanol–water partition coefficient (Wildman–Crippen LogP) is -0.439. The number of hydrogen-bond donors (Lipinski definition) is 1. The number of Topliss-reactive ketones (excluding diaryl/α,β-unsaturated/α-hetero) is 1. The topological polar surface area (TPSA) is 72.8 Å². The Kier molecular flexibility index (Phi) is 3.03. The van der Waals surface area contributed by atoms with Gasteiger partial charge in [0.1, 0.15) is 0 Å². The molecule has 0 heterocycles. The second-order valence-corrected chi connectivity index (χ2v) is 2.59. The van der Waals surface area contributed by atoms with Crippen LogP contribution in [0, 0.1) is 0 Å². The Morgan fingerprint density at radius 3 is 2.21 bits per heavy atom. The predicted molar refractivity (Wildman–Crippen MR) is 46.2 cm³/mol. The molecule has 0 aromatic heterocycles. The van der Waals surface area contributed by atoms with Crippen molar-refractivity contribution in [3.05, 3.63) is 23.2 Å². The zero-order chi connectivity index (χ0) is 10.7. The maximum atomic E-state index is 11.5. The third-order valence-corrected chi connectivity index (χ3v) is 1.81. The lowest BCUT2D eigenvalue weighted by Crippen LogP contribution is -2.23. The first-order chi connectivity index (χ1) is 6.65. The fraction of sp³-hybridized carbons (Fsp3) is 0.333. The lowest BCUT2D eigenvalue weighted by atomic mass is 10.0. The summed E-state index contributed by atoms with van der Waals surface area (Å²) in [5, 5.41) is 8.79. The van der Waals surface area contributed by atoms with E-state index in [4.69, 9.17) is 14.6 Å². The van der Waals surface area contributed by atoms with Gasteiger partial charge in [-0.15, -0.1) is 0 Å². The molecule has 0 radical (unpaired) electrons. The van der Waals surface area contributed by atoms with Gasteiger partial charge in [-0.3, -0.25) is 9.59 Å². The van der Waals surface area contributed by atoms with Gasteiger partial charge < -0.3 is 14.6 Å². The van der Waals surface area contributed by atoms with Crippen LogP contribution in [0.2, 0.25) is 0 Å². The third kappa shape index (κ3) is 1.54. The Hall–Kier alpha value is -1.62. The molecule has 76 valence electrons. The number of aliphatic hydroxyl groups is 1. The molecule has 1 aliphatic rings. The molecule has 0 aromatic carbocycles. The van der Waals surface area contributed by atoms with Gasteiger partial charge in [-0.05, 0) is 6.08 Å². The van der Waals surface area contributed by atoms with Crippen molar-refractivity contribution in [3.8, 4) is 0 Å². The summed E-state index contributed by atoms with van der Waals surface area (Å²) in [5.74, 6) is -1.29. The van der Waals surface area contributed by atoms with Crippen LogP contribution in [-0.2, 0) is 19.1 Å². The molecule has 0 aliphatic heterocycles. The Bertz CT molecular complexity index is 337. The number of carbonyl (C=O) groups excluding carboxylic acids is 2. The van der Waals surface area contributed by atoms with E-state index in [1.54, 1.807) is 0 Å². The minimum absolute atomic E-state index is 0.00708. The van der Waals surface area contributed by atoms with Crippen LogP contribution in [0.4, 0.5) is 0 Å². The molecule has 1 rings (SSSR count). The Balaban J connectivity index is 3.17. The van der Waals surface area contributed by atoms with E-state index in [-0.39, 0.29) is 17.1 Å². The number of allylic oxidation sites excluding steroid dienone is 2. The van der Waals surface area contributed by atoms with E-state index in [1.807, 2.05) is 0 Å². The number of rotatable bonds is 3. The summed E-state index contributed by atoms with van der Waals surface area (Å²) in [6.45, 7) is -0.492. The number of hydrogen-bond acceptors (Lipinski definition) is 5. The molecule has 5 nitrogen and oxygen atoms in total. The molecule has 0 unspecified atom stereocenters. The molecular weight excluding hydrogens is 188 g/mol. The number of ketones is 2. The highest BCUT2D eigenvalue weighted by molar-refractivity contribution is 6.21. The highest BCUT2D eigenvalue weighted by Crippen LogP contribution is 2.19. The maximum Gasteiger partial charge on any atom is 0.230 e. The van der Waals surface area contributed by atoms with Crippen molar-refractivity contribution in [1.29, 1.82) is 0 Å². The summed E-state index contributed by atoms with van der Waals surface area (Å²) < 4.78 is 9.47. The number of aliphatic hydroxyl groups excluding tert-OH is 1. The van der Waals surface area contributed by atoms with Crippen LogP contribution in [-0.4, -0.2) is 37.5 Å². The lowest BCUT2D eigenvalue weighted by Gasteiger charge is -2.15. The molecule has 0 saturated carbocycles. The minimum atomic E-state index is -0.522.